The van der Waals surface area contributed by atoms with Crippen molar-refractivity contribution in [1.29, 1.82) is 5.26 Å². The van der Waals surface area contributed by atoms with Crippen LogP contribution in [0.3, 0.4) is 0 Å². The van der Waals surface area contributed by atoms with Crippen LogP contribution < -0.4 is 5.32 Å². The summed E-state index contributed by atoms with van der Waals surface area (Å²) in [5.74, 6) is -0.805. The van der Waals surface area contributed by atoms with Crippen LogP contribution in [0, 0.1) is 17.1 Å². The van der Waals surface area contributed by atoms with Gasteiger partial charge in [0.1, 0.15) is 11.9 Å². The fourth-order valence-electron chi connectivity index (χ4n) is 1.92. The number of nitrogens with zero attached hydrogens (tertiary/aromatic N) is 1. The number of benzene rings is 2. The first-order valence-electron chi connectivity index (χ1n) is 6.38. The van der Waals surface area contributed by atoms with E-state index in [0.29, 0.717) is 21.2 Å². The van der Waals surface area contributed by atoms with Crippen LogP contribution in [0.15, 0.2) is 42.5 Å². The van der Waals surface area contributed by atoms with Gasteiger partial charge in [-0.15, -0.1) is 0 Å². The highest BCUT2D eigenvalue weighted by molar-refractivity contribution is 6.36. The van der Waals surface area contributed by atoms with Crippen molar-refractivity contribution in [2.24, 2.45) is 0 Å². The molecule has 0 aliphatic carbocycles. The second-order valence-electron chi connectivity index (χ2n) is 4.56. The van der Waals surface area contributed by atoms with Crippen molar-refractivity contribution in [3.05, 3.63) is 69.5 Å². The molecule has 0 saturated carbocycles. The van der Waals surface area contributed by atoms with Gasteiger partial charge in [-0.2, -0.15) is 5.26 Å². The second-order valence-corrected chi connectivity index (χ2v) is 5.37. The maximum atomic E-state index is 12.9. The summed E-state index contributed by atoms with van der Waals surface area (Å²) in [6.45, 7) is 0. The molecule has 2 aromatic carbocycles. The van der Waals surface area contributed by atoms with E-state index in [1.807, 2.05) is 6.07 Å². The van der Waals surface area contributed by atoms with E-state index in [4.69, 9.17) is 28.5 Å². The van der Waals surface area contributed by atoms with Crippen LogP contribution in [0.4, 0.5) is 4.39 Å². The molecule has 0 aromatic heterocycles. The monoisotopic (exact) mass is 336 g/mol. The second kappa shape index (κ2) is 7.26. The lowest BCUT2D eigenvalue weighted by atomic mass is 10.1. The molecule has 0 fully saturated rings. The maximum absolute atomic E-state index is 12.9. The number of hydrogen-bond donors (Lipinski definition) is 1. The van der Waals surface area contributed by atoms with Gasteiger partial charge in [0.2, 0.25) is 5.91 Å². The van der Waals surface area contributed by atoms with Gasteiger partial charge in [0.05, 0.1) is 12.5 Å². The third kappa shape index (κ3) is 3.97. The normalized spacial score (nSPS) is 11.5. The number of hydrogen-bond acceptors (Lipinski definition) is 2. The molecule has 0 bridgehead atoms. The molecule has 2 aromatic rings. The van der Waals surface area contributed by atoms with Crippen molar-refractivity contribution in [3.63, 3.8) is 0 Å². The van der Waals surface area contributed by atoms with Crippen molar-refractivity contribution >= 4 is 29.1 Å². The molecule has 112 valence electrons. The number of nitriles is 1. The lowest BCUT2D eigenvalue weighted by Crippen LogP contribution is -2.29. The van der Waals surface area contributed by atoms with E-state index in [0.717, 1.165) is 0 Å². The Labute approximate surface area is 137 Å². The van der Waals surface area contributed by atoms with Crippen LogP contribution in [0.1, 0.15) is 17.2 Å². The zero-order chi connectivity index (χ0) is 16.1. The predicted molar refractivity (Wildman–Crippen MR) is 83.1 cm³/mol. The quantitative estimate of drug-likeness (QED) is 0.915. The summed E-state index contributed by atoms with van der Waals surface area (Å²) in [6, 6.07) is 11.4. The lowest BCUT2D eigenvalue weighted by Gasteiger charge is -2.13. The van der Waals surface area contributed by atoms with Crippen molar-refractivity contribution in [2.45, 2.75) is 12.5 Å². The van der Waals surface area contributed by atoms with E-state index < -0.39 is 17.8 Å². The SMILES string of the molecule is N#C[C@@H](NC(=O)Cc1c(Cl)cccc1Cl)c1ccc(F)cc1. The van der Waals surface area contributed by atoms with Gasteiger partial charge in [-0.1, -0.05) is 41.4 Å². The van der Waals surface area contributed by atoms with Gasteiger partial charge in [-0.3, -0.25) is 4.79 Å². The molecule has 1 atom stereocenters. The van der Waals surface area contributed by atoms with E-state index in [1.165, 1.54) is 24.3 Å². The minimum Gasteiger partial charge on any atom is -0.336 e. The number of halogens is 3. The van der Waals surface area contributed by atoms with Crippen molar-refractivity contribution < 1.29 is 9.18 Å². The fraction of sp³-hybridized carbons (Fsp3) is 0.125. The number of carbonyl (C=O) groups excluding carboxylic acids is 1. The average molecular weight is 337 g/mol. The average Bonchev–Trinajstić information content (AvgIpc) is 2.50. The van der Waals surface area contributed by atoms with Crippen LogP contribution in [0.5, 0.6) is 0 Å². The summed E-state index contributed by atoms with van der Waals surface area (Å²) in [4.78, 5) is 12.1. The first kappa shape index (κ1) is 16.3. The van der Waals surface area contributed by atoms with Crippen LogP contribution in [-0.4, -0.2) is 5.91 Å². The molecular weight excluding hydrogens is 326 g/mol. The number of nitrogens with one attached hydrogen (secondary N) is 1. The molecule has 0 unspecified atom stereocenters. The smallest absolute Gasteiger partial charge is 0.225 e. The van der Waals surface area contributed by atoms with Crippen molar-refractivity contribution in [1.82, 2.24) is 5.32 Å². The molecule has 6 heteroatoms. The molecule has 3 nitrogen and oxygen atoms in total. The molecule has 0 spiro atoms. The Morgan fingerprint density at radius 1 is 1.18 bits per heavy atom. The fourth-order valence-corrected chi connectivity index (χ4v) is 2.45. The molecule has 0 aliphatic heterocycles. The van der Waals surface area contributed by atoms with Gasteiger partial charge in [0.15, 0.2) is 0 Å². The van der Waals surface area contributed by atoms with E-state index in [1.54, 1.807) is 18.2 Å². The minimum atomic E-state index is -0.866. The zero-order valence-electron chi connectivity index (χ0n) is 11.3. The standard InChI is InChI=1S/C16H11Cl2FN2O/c17-13-2-1-3-14(18)12(13)8-16(22)21-15(9-20)10-4-6-11(19)7-5-10/h1-7,15H,8H2,(H,21,22)/t15-/m1/s1. The summed E-state index contributed by atoms with van der Waals surface area (Å²) in [5, 5.41) is 12.5. The Balaban J connectivity index is 2.10. The Morgan fingerprint density at radius 3 is 2.32 bits per heavy atom. The largest absolute Gasteiger partial charge is 0.336 e. The molecule has 1 N–H and O–H groups in total. The third-order valence-electron chi connectivity index (χ3n) is 3.04. The Bertz CT molecular complexity index is 706. The summed E-state index contributed by atoms with van der Waals surface area (Å²) in [6.07, 6.45) is -0.0438. The third-order valence-corrected chi connectivity index (χ3v) is 3.75. The van der Waals surface area contributed by atoms with Gasteiger partial charge in [-0.05, 0) is 35.4 Å². The van der Waals surface area contributed by atoms with Crippen LogP contribution in [0.25, 0.3) is 0 Å². The van der Waals surface area contributed by atoms with Crippen molar-refractivity contribution in [2.75, 3.05) is 0 Å². The highest BCUT2D eigenvalue weighted by Crippen LogP contribution is 2.25. The van der Waals surface area contributed by atoms with Crippen LogP contribution in [-0.2, 0) is 11.2 Å². The molecule has 1 amide bonds. The highest BCUT2D eigenvalue weighted by atomic mass is 35.5. The number of amides is 1. The van der Waals surface area contributed by atoms with E-state index in [-0.39, 0.29) is 6.42 Å². The van der Waals surface area contributed by atoms with Gasteiger partial charge in [0, 0.05) is 10.0 Å². The van der Waals surface area contributed by atoms with Gasteiger partial charge in [-0.25, -0.2) is 4.39 Å². The van der Waals surface area contributed by atoms with Gasteiger partial charge in [0.25, 0.3) is 0 Å². The molecular formula is C16H11Cl2FN2O. The molecule has 0 saturated heterocycles. The van der Waals surface area contributed by atoms with E-state index >= 15 is 0 Å². The molecule has 0 radical (unpaired) electrons. The molecule has 0 heterocycles. The van der Waals surface area contributed by atoms with Crippen LogP contribution >= 0.6 is 23.2 Å². The summed E-state index contributed by atoms with van der Waals surface area (Å²) >= 11 is 12.0. The molecule has 0 aliphatic rings. The Hall–Kier alpha value is -2.09. The predicted octanol–water partition coefficient (Wildman–Crippen LogP) is 4.06. The summed E-state index contributed by atoms with van der Waals surface area (Å²) in [7, 11) is 0. The summed E-state index contributed by atoms with van der Waals surface area (Å²) in [5.41, 5.74) is 1.00. The summed E-state index contributed by atoms with van der Waals surface area (Å²) < 4.78 is 12.9. The van der Waals surface area contributed by atoms with E-state index in [9.17, 15) is 9.18 Å². The molecule has 22 heavy (non-hydrogen) atoms. The topological polar surface area (TPSA) is 52.9 Å². The van der Waals surface area contributed by atoms with Gasteiger partial charge >= 0.3 is 0 Å². The van der Waals surface area contributed by atoms with Crippen LogP contribution in [0.2, 0.25) is 10.0 Å². The Kier molecular flexibility index (Phi) is 5.37. The molecule has 2 rings (SSSR count). The lowest BCUT2D eigenvalue weighted by molar-refractivity contribution is -0.120. The Morgan fingerprint density at radius 2 is 1.77 bits per heavy atom. The zero-order valence-corrected chi connectivity index (χ0v) is 12.8. The first-order chi connectivity index (χ1) is 10.5. The van der Waals surface area contributed by atoms with Crippen molar-refractivity contribution in [3.8, 4) is 6.07 Å². The maximum Gasteiger partial charge on any atom is 0.225 e. The van der Waals surface area contributed by atoms with Gasteiger partial charge < -0.3 is 5.32 Å². The number of rotatable bonds is 4. The minimum absolute atomic E-state index is 0.0438. The first-order valence-corrected chi connectivity index (χ1v) is 7.14. The highest BCUT2D eigenvalue weighted by Gasteiger charge is 2.16. The van der Waals surface area contributed by atoms with E-state index in [2.05, 4.69) is 5.32 Å². The number of carbonyl (C=O) groups is 1.